The maximum atomic E-state index is 13.3. The Labute approximate surface area is 111 Å². The van der Waals surface area contributed by atoms with Gasteiger partial charge in [-0.2, -0.15) is 0 Å². The van der Waals surface area contributed by atoms with Crippen LogP contribution in [0.1, 0.15) is 5.56 Å². The lowest BCUT2D eigenvalue weighted by molar-refractivity contribution is 0.341. The predicted molar refractivity (Wildman–Crippen MR) is 73.8 cm³/mol. The summed E-state index contributed by atoms with van der Waals surface area (Å²) in [6.45, 7) is 2.31. The van der Waals surface area contributed by atoms with E-state index in [2.05, 4.69) is 12.1 Å². The van der Waals surface area contributed by atoms with Gasteiger partial charge in [0, 0.05) is 16.7 Å². The molecule has 0 spiro atoms. The van der Waals surface area contributed by atoms with Gasteiger partial charge in [0.1, 0.15) is 11.6 Å². The zero-order valence-electron chi connectivity index (χ0n) is 10.2. The fraction of sp³-hybridized carbons (Fsp3) is 0.200. The summed E-state index contributed by atoms with van der Waals surface area (Å²) in [5.74, 6) is 1.22. The molecule has 0 radical (unpaired) electrons. The van der Waals surface area contributed by atoms with Gasteiger partial charge in [-0.05, 0) is 30.7 Å². The highest BCUT2D eigenvalue weighted by Crippen LogP contribution is 2.19. The summed E-state index contributed by atoms with van der Waals surface area (Å²) >= 11 is 1.73. The summed E-state index contributed by atoms with van der Waals surface area (Å²) in [4.78, 5) is 1.22. The Bertz CT molecular complexity index is 499. The second-order valence-corrected chi connectivity index (χ2v) is 5.09. The molecule has 0 N–H and O–H groups in total. The van der Waals surface area contributed by atoms with Crippen molar-refractivity contribution in [3.63, 3.8) is 0 Å². The minimum absolute atomic E-state index is 0.219. The lowest BCUT2D eigenvalue weighted by Crippen LogP contribution is -2.00. The Balaban J connectivity index is 1.77. The van der Waals surface area contributed by atoms with Crippen LogP contribution in [0.3, 0.4) is 0 Å². The van der Waals surface area contributed by atoms with E-state index in [-0.39, 0.29) is 5.82 Å². The lowest BCUT2D eigenvalue weighted by Gasteiger charge is -2.07. The first-order valence-corrected chi connectivity index (χ1v) is 6.81. The molecule has 0 aromatic heterocycles. The highest BCUT2D eigenvalue weighted by atomic mass is 32.2. The average molecular weight is 262 g/mol. The smallest absolute Gasteiger partial charge is 0.129 e. The van der Waals surface area contributed by atoms with Gasteiger partial charge < -0.3 is 4.74 Å². The maximum Gasteiger partial charge on any atom is 0.129 e. The normalized spacial score (nSPS) is 10.3. The van der Waals surface area contributed by atoms with Gasteiger partial charge in [0.05, 0.1) is 6.61 Å². The monoisotopic (exact) mass is 262 g/mol. The molecule has 2 rings (SSSR count). The first kappa shape index (κ1) is 13.0. The van der Waals surface area contributed by atoms with Crippen LogP contribution in [0.15, 0.2) is 53.4 Å². The Hall–Kier alpha value is -1.48. The molecule has 2 aromatic carbocycles. The molecular formula is C15H15FOS. The van der Waals surface area contributed by atoms with Gasteiger partial charge in [-0.3, -0.25) is 0 Å². The van der Waals surface area contributed by atoms with E-state index >= 15 is 0 Å². The largest absolute Gasteiger partial charge is 0.493 e. The summed E-state index contributed by atoms with van der Waals surface area (Å²) in [6.07, 6.45) is 0. The number of aryl methyl sites for hydroxylation is 1. The van der Waals surface area contributed by atoms with Crippen molar-refractivity contribution in [3.8, 4) is 5.75 Å². The molecule has 18 heavy (non-hydrogen) atoms. The molecule has 0 saturated heterocycles. The molecule has 2 aromatic rings. The van der Waals surface area contributed by atoms with E-state index in [0.717, 1.165) is 5.75 Å². The molecule has 3 heteroatoms. The second kappa shape index (κ2) is 6.45. The van der Waals surface area contributed by atoms with E-state index in [4.69, 9.17) is 4.74 Å². The van der Waals surface area contributed by atoms with Crippen LogP contribution in [0.2, 0.25) is 0 Å². The lowest BCUT2D eigenvalue weighted by atomic mass is 10.2. The van der Waals surface area contributed by atoms with Gasteiger partial charge in [-0.15, -0.1) is 11.8 Å². The molecule has 0 amide bonds. The van der Waals surface area contributed by atoms with Gasteiger partial charge >= 0.3 is 0 Å². The summed E-state index contributed by atoms with van der Waals surface area (Å²) in [5, 5.41) is 0. The van der Waals surface area contributed by atoms with Gasteiger partial charge in [-0.25, -0.2) is 4.39 Å². The number of thioether (sulfide) groups is 1. The van der Waals surface area contributed by atoms with Gasteiger partial charge in [0.2, 0.25) is 0 Å². The van der Waals surface area contributed by atoms with Crippen LogP contribution in [0, 0.1) is 12.7 Å². The second-order valence-electron chi connectivity index (χ2n) is 3.92. The van der Waals surface area contributed by atoms with Crippen molar-refractivity contribution in [1.82, 2.24) is 0 Å². The summed E-state index contributed by atoms with van der Waals surface area (Å²) in [5.41, 5.74) is 0.640. The van der Waals surface area contributed by atoms with Crippen molar-refractivity contribution in [2.24, 2.45) is 0 Å². The Kier molecular flexibility index (Phi) is 4.65. The van der Waals surface area contributed by atoms with E-state index in [1.165, 1.54) is 11.0 Å². The van der Waals surface area contributed by atoms with Crippen molar-refractivity contribution >= 4 is 11.8 Å². The third-order valence-corrected chi connectivity index (χ3v) is 3.48. The van der Waals surface area contributed by atoms with Crippen LogP contribution < -0.4 is 4.74 Å². The number of ether oxygens (including phenoxy) is 1. The van der Waals surface area contributed by atoms with E-state index in [1.54, 1.807) is 30.8 Å². The predicted octanol–water partition coefficient (Wildman–Crippen LogP) is 4.31. The Morgan fingerprint density at radius 1 is 1.11 bits per heavy atom. The molecular weight excluding hydrogens is 247 g/mol. The maximum absolute atomic E-state index is 13.3. The fourth-order valence-corrected chi connectivity index (χ4v) is 2.25. The van der Waals surface area contributed by atoms with Crippen molar-refractivity contribution in [2.75, 3.05) is 12.4 Å². The average Bonchev–Trinajstić information content (AvgIpc) is 2.40. The SMILES string of the molecule is Cc1ccc(OCCSc2ccccc2)cc1F. The Morgan fingerprint density at radius 2 is 1.89 bits per heavy atom. The van der Waals surface area contributed by atoms with E-state index < -0.39 is 0 Å². The molecule has 0 bridgehead atoms. The van der Waals surface area contributed by atoms with Gasteiger partial charge in [0.25, 0.3) is 0 Å². The molecule has 0 atom stereocenters. The molecule has 0 saturated carbocycles. The highest BCUT2D eigenvalue weighted by molar-refractivity contribution is 7.99. The number of benzene rings is 2. The fourth-order valence-electron chi connectivity index (χ4n) is 1.50. The van der Waals surface area contributed by atoms with E-state index in [1.807, 2.05) is 18.2 Å². The molecule has 0 aliphatic carbocycles. The zero-order chi connectivity index (χ0) is 12.8. The van der Waals surface area contributed by atoms with E-state index in [0.29, 0.717) is 17.9 Å². The molecule has 0 fully saturated rings. The topological polar surface area (TPSA) is 9.23 Å². The number of halogens is 1. The zero-order valence-corrected chi connectivity index (χ0v) is 11.0. The van der Waals surface area contributed by atoms with Crippen LogP contribution in [0.5, 0.6) is 5.75 Å². The highest BCUT2D eigenvalue weighted by Gasteiger charge is 2.00. The van der Waals surface area contributed by atoms with Crippen molar-refractivity contribution < 1.29 is 9.13 Å². The third-order valence-electron chi connectivity index (χ3n) is 2.51. The van der Waals surface area contributed by atoms with E-state index in [9.17, 15) is 4.39 Å². The van der Waals surface area contributed by atoms with Crippen LogP contribution in [-0.2, 0) is 0 Å². The van der Waals surface area contributed by atoms with Crippen molar-refractivity contribution in [2.45, 2.75) is 11.8 Å². The summed E-state index contributed by atoms with van der Waals surface area (Å²) < 4.78 is 18.8. The molecule has 1 nitrogen and oxygen atoms in total. The van der Waals surface area contributed by atoms with Crippen molar-refractivity contribution in [1.29, 1.82) is 0 Å². The van der Waals surface area contributed by atoms with Crippen molar-refractivity contribution in [3.05, 3.63) is 59.9 Å². The molecule has 0 heterocycles. The molecule has 94 valence electrons. The van der Waals surface area contributed by atoms with Gasteiger partial charge in [-0.1, -0.05) is 24.3 Å². The first-order chi connectivity index (χ1) is 8.75. The molecule has 0 aliphatic heterocycles. The van der Waals surface area contributed by atoms with Gasteiger partial charge in [0.15, 0.2) is 0 Å². The minimum Gasteiger partial charge on any atom is -0.493 e. The number of hydrogen-bond acceptors (Lipinski definition) is 2. The number of rotatable bonds is 5. The quantitative estimate of drug-likeness (QED) is 0.586. The molecule has 0 unspecified atom stereocenters. The summed E-state index contributed by atoms with van der Waals surface area (Å²) in [7, 11) is 0. The first-order valence-electron chi connectivity index (χ1n) is 5.82. The van der Waals surface area contributed by atoms with Crippen LogP contribution in [0.25, 0.3) is 0 Å². The summed E-state index contributed by atoms with van der Waals surface area (Å²) in [6, 6.07) is 15.1. The van der Waals surface area contributed by atoms with Crippen LogP contribution in [-0.4, -0.2) is 12.4 Å². The standard InChI is InChI=1S/C15H15FOS/c1-12-7-8-13(11-15(12)16)17-9-10-18-14-5-3-2-4-6-14/h2-8,11H,9-10H2,1H3. The number of hydrogen-bond donors (Lipinski definition) is 0. The molecule has 0 aliphatic rings. The minimum atomic E-state index is -0.219. The Morgan fingerprint density at radius 3 is 2.61 bits per heavy atom. The van der Waals surface area contributed by atoms with Crippen LogP contribution in [0.4, 0.5) is 4.39 Å². The third kappa shape index (κ3) is 3.77. The van der Waals surface area contributed by atoms with Crippen LogP contribution >= 0.6 is 11.8 Å².